The van der Waals surface area contributed by atoms with Gasteiger partial charge in [-0.3, -0.25) is 4.79 Å². The highest BCUT2D eigenvalue weighted by Gasteiger charge is 2.21. The summed E-state index contributed by atoms with van der Waals surface area (Å²) in [5, 5.41) is 0. The van der Waals surface area contributed by atoms with E-state index in [0.717, 1.165) is 30.0 Å². The molecule has 0 saturated carbocycles. The van der Waals surface area contributed by atoms with Gasteiger partial charge < -0.3 is 14.4 Å². The molecular formula is C20H23NO3S. The topological polar surface area (TPSA) is 38.8 Å². The van der Waals surface area contributed by atoms with Gasteiger partial charge >= 0.3 is 0 Å². The molecule has 0 aliphatic carbocycles. The number of para-hydroxylation sites is 1. The molecule has 1 amide bonds. The first-order valence-electron chi connectivity index (χ1n) is 8.46. The third-order valence-corrected chi connectivity index (χ3v) is 5.47. The van der Waals surface area contributed by atoms with Crippen molar-refractivity contribution in [2.24, 2.45) is 0 Å². The Hall–Kier alpha value is -2.14. The van der Waals surface area contributed by atoms with E-state index in [1.54, 1.807) is 14.2 Å². The van der Waals surface area contributed by atoms with Gasteiger partial charge in [0.1, 0.15) is 0 Å². The maximum Gasteiger partial charge on any atom is 0.227 e. The molecule has 3 rings (SSSR count). The molecule has 132 valence electrons. The number of amides is 1. The largest absolute Gasteiger partial charge is 0.493 e. The summed E-state index contributed by atoms with van der Waals surface area (Å²) in [5.74, 6) is 2.63. The molecule has 0 bridgehead atoms. The maximum absolute atomic E-state index is 12.8. The molecule has 0 spiro atoms. The first-order valence-corrected chi connectivity index (χ1v) is 9.44. The van der Waals surface area contributed by atoms with E-state index >= 15 is 0 Å². The summed E-state index contributed by atoms with van der Waals surface area (Å²) >= 11 is 1.83. The predicted molar refractivity (Wildman–Crippen MR) is 102 cm³/mol. The third-order valence-electron chi connectivity index (χ3n) is 4.32. The van der Waals surface area contributed by atoms with Crippen molar-refractivity contribution in [1.82, 2.24) is 0 Å². The molecular weight excluding hydrogens is 334 g/mol. The Morgan fingerprint density at radius 3 is 2.72 bits per heavy atom. The Balaban J connectivity index is 1.71. The van der Waals surface area contributed by atoms with Crippen molar-refractivity contribution in [1.29, 1.82) is 0 Å². The van der Waals surface area contributed by atoms with Crippen LogP contribution in [0.5, 0.6) is 11.5 Å². The molecule has 0 fully saturated rings. The average Bonchev–Trinajstić information content (AvgIpc) is 2.88. The summed E-state index contributed by atoms with van der Waals surface area (Å²) < 4.78 is 10.6. The molecule has 1 aliphatic rings. The zero-order chi connectivity index (χ0) is 17.6. The molecule has 0 unspecified atom stereocenters. The molecule has 2 aromatic carbocycles. The minimum Gasteiger partial charge on any atom is -0.493 e. The standard InChI is InChI=1S/C20H23NO3S/c1-23-17-10-8-15(14-18(17)24-2)9-11-20(22)21-12-5-13-25-19-7-4-3-6-16(19)21/h3-4,6-8,10,14H,5,9,11-13H2,1-2H3. The molecule has 0 saturated heterocycles. The lowest BCUT2D eigenvalue weighted by Crippen LogP contribution is -2.32. The van der Waals surface area contributed by atoms with Gasteiger partial charge in [-0.25, -0.2) is 0 Å². The van der Waals surface area contributed by atoms with Gasteiger partial charge in [0.05, 0.1) is 19.9 Å². The van der Waals surface area contributed by atoms with Gasteiger partial charge in [-0.15, -0.1) is 11.8 Å². The maximum atomic E-state index is 12.8. The number of hydrogen-bond acceptors (Lipinski definition) is 4. The van der Waals surface area contributed by atoms with Crippen molar-refractivity contribution in [3.05, 3.63) is 48.0 Å². The summed E-state index contributed by atoms with van der Waals surface area (Å²) in [6.45, 7) is 0.786. The quantitative estimate of drug-likeness (QED) is 0.805. The van der Waals surface area contributed by atoms with Gasteiger partial charge in [0, 0.05) is 17.9 Å². The summed E-state index contributed by atoms with van der Waals surface area (Å²) in [6.07, 6.45) is 2.18. The second-order valence-corrected chi connectivity index (χ2v) is 7.04. The molecule has 1 heterocycles. The Labute approximate surface area is 153 Å². The van der Waals surface area contributed by atoms with E-state index in [-0.39, 0.29) is 5.91 Å². The van der Waals surface area contributed by atoms with E-state index in [0.29, 0.717) is 24.3 Å². The van der Waals surface area contributed by atoms with Crippen molar-refractivity contribution >= 4 is 23.4 Å². The number of hydrogen-bond donors (Lipinski definition) is 0. The summed E-state index contributed by atoms with van der Waals surface area (Å²) in [5.41, 5.74) is 2.12. The fourth-order valence-electron chi connectivity index (χ4n) is 3.01. The zero-order valence-corrected chi connectivity index (χ0v) is 15.5. The number of anilines is 1. The summed E-state index contributed by atoms with van der Waals surface area (Å²) in [7, 11) is 3.24. The first kappa shape index (κ1) is 17.7. The highest BCUT2D eigenvalue weighted by atomic mass is 32.2. The SMILES string of the molecule is COc1ccc(CCC(=O)N2CCCSc3ccccc32)cc1OC. The summed E-state index contributed by atoms with van der Waals surface area (Å²) in [6, 6.07) is 14.0. The van der Waals surface area contributed by atoms with Crippen molar-refractivity contribution in [3.63, 3.8) is 0 Å². The minimum atomic E-state index is 0.171. The van der Waals surface area contributed by atoms with Gasteiger partial charge in [-0.1, -0.05) is 18.2 Å². The van der Waals surface area contributed by atoms with Crippen LogP contribution in [0.1, 0.15) is 18.4 Å². The number of carbonyl (C=O) groups is 1. The lowest BCUT2D eigenvalue weighted by molar-refractivity contribution is -0.118. The van der Waals surface area contributed by atoms with Crippen LogP contribution in [0.3, 0.4) is 0 Å². The van der Waals surface area contributed by atoms with Gasteiger partial charge in [-0.2, -0.15) is 0 Å². The molecule has 25 heavy (non-hydrogen) atoms. The molecule has 0 aromatic heterocycles. The Morgan fingerprint density at radius 1 is 1.12 bits per heavy atom. The van der Waals surface area contributed by atoms with Crippen LogP contribution < -0.4 is 14.4 Å². The van der Waals surface area contributed by atoms with Gasteiger partial charge in [0.15, 0.2) is 11.5 Å². The Morgan fingerprint density at radius 2 is 1.92 bits per heavy atom. The van der Waals surface area contributed by atoms with Gasteiger partial charge in [0.25, 0.3) is 0 Å². The molecule has 2 aromatic rings. The Kier molecular flexibility index (Phi) is 5.87. The second kappa shape index (κ2) is 8.30. The lowest BCUT2D eigenvalue weighted by atomic mass is 10.1. The van der Waals surface area contributed by atoms with E-state index < -0.39 is 0 Å². The smallest absolute Gasteiger partial charge is 0.227 e. The fraction of sp³-hybridized carbons (Fsp3) is 0.350. The molecule has 4 nitrogen and oxygen atoms in total. The van der Waals surface area contributed by atoms with Crippen LogP contribution in [-0.2, 0) is 11.2 Å². The molecule has 0 atom stereocenters. The average molecular weight is 357 g/mol. The number of benzene rings is 2. The predicted octanol–water partition coefficient (Wildman–Crippen LogP) is 4.17. The van der Waals surface area contributed by atoms with E-state index in [1.165, 1.54) is 4.90 Å². The number of ether oxygens (including phenoxy) is 2. The zero-order valence-electron chi connectivity index (χ0n) is 14.7. The number of fused-ring (bicyclic) bond motifs is 1. The highest BCUT2D eigenvalue weighted by molar-refractivity contribution is 7.99. The van der Waals surface area contributed by atoms with E-state index in [1.807, 2.05) is 53.1 Å². The van der Waals surface area contributed by atoms with E-state index in [9.17, 15) is 4.79 Å². The van der Waals surface area contributed by atoms with Crippen LogP contribution >= 0.6 is 11.8 Å². The van der Waals surface area contributed by atoms with Gasteiger partial charge in [-0.05, 0) is 48.4 Å². The fourth-order valence-corrected chi connectivity index (χ4v) is 4.00. The number of rotatable bonds is 5. The number of aryl methyl sites for hydroxylation is 1. The number of carbonyl (C=O) groups excluding carboxylic acids is 1. The van der Waals surface area contributed by atoms with Crippen molar-refractivity contribution in [2.45, 2.75) is 24.2 Å². The Bertz CT molecular complexity index is 747. The van der Waals surface area contributed by atoms with Crippen LogP contribution in [0.4, 0.5) is 5.69 Å². The van der Waals surface area contributed by atoms with E-state index in [2.05, 4.69) is 6.07 Å². The normalized spacial score (nSPS) is 13.8. The van der Waals surface area contributed by atoms with Crippen LogP contribution in [0, 0.1) is 0 Å². The number of methoxy groups -OCH3 is 2. The van der Waals surface area contributed by atoms with Gasteiger partial charge in [0.2, 0.25) is 5.91 Å². The van der Waals surface area contributed by atoms with Crippen LogP contribution in [-0.4, -0.2) is 32.4 Å². The third kappa shape index (κ3) is 4.10. The molecule has 0 N–H and O–H groups in total. The van der Waals surface area contributed by atoms with Crippen LogP contribution in [0.2, 0.25) is 0 Å². The van der Waals surface area contributed by atoms with Crippen molar-refractivity contribution in [3.8, 4) is 11.5 Å². The number of thioether (sulfide) groups is 1. The molecule has 1 aliphatic heterocycles. The van der Waals surface area contributed by atoms with Crippen molar-refractivity contribution < 1.29 is 14.3 Å². The monoisotopic (exact) mass is 357 g/mol. The van der Waals surface area contributed by atoms with E-state index in [4.69, 9.17) is 9.47 Å². The van der Waals surface area contributed by atoms with Crippen molar-refractivity contribution in [2.75, 3.05) is 31.4 Å². The second-order valence-electron chi connectivity index (χ2n) is 5.90. The van der Waals surface area contributed by atoms with Crippen LogP contribution in [0.25, 0.3) is 0 Å². The lowest BCUT2D eigenvalue weighted by Gasteiger charge is -2.22. The highest BCUT2D eigenvalue weighted by Crippen LogP contribution is 2.34. The minimum absolute atomic E-state index is 0.171. The first-order chi connectivity index (χ1) is 12.2. The van der Waals surface area contributed by atoms with Crippen LogP contribution in [0.15, 0.2) is 47.4 Å². The number of nitrogens with zero attached hydrogens (tertiary/aromatic N) is 1. The molecule has 0 radical (unpaired) electrons. The molecule has 5 heteroatoms. The summed E-state index contributed by atoms with van der Waals surface area (Å²) in [4.78, 5) is 16.0.